The number of aromatic nitrogens is 1. The van der Waals surface area contributed by atoms with Crippen LogP contribution in [-0.2, 0) is 0 Å². The van der Waals surface area contributed by atoms with E-state index in [0.717, 1.165) is 44.7 Å². The molecule has 6 heteroatoms. The van der Waals surface area contributed by atoms with Gasteiger partial charge in [-0.05, 0) is 25.0 Å². The van der Waals surface area contributed by atoms with Gasteiger partial charge in [0.05, 0.1) is 0 Å². The van der Waals surface area contributed by atoms with Crippen LogP contribution in [0.25, 0.3) is 0 Å². The van der Waals surface area contributed by atoms with Gasteiger partial charge in [0.25, 0.3) is 0 Å². The van der Waals surface area contributed by atoms with Crippen LogP contribution in [0.3, 0.4) is 0 Å². The topological polar surface area (TPSA) is 68.7 Å². The number of pyridine rings is 1. The molecule has 0 radical (unpaired) electrons. The van der Waals surface area contributed by atoms with Gasteiger partial charge in [-0.15, -0.1) is 0 Å². The number of unbranched alkanes of at least 4 members (excludes halogenated alkanes) is 1. The lowest BCUT2D eigenvalue weighted by atomic mass is 10.2. The summed E-state index contributed by atoms with van der Waals surface area (Å²) in [6.45, 7) is 3.95. The number of piperazine rings is 1. The monoisotopic (exact) mass is 278 g/mol. The van der Waals surface area contributed by atoms with E-state index >= 15 is 0 Å². The van der Waals surface area contributed by atoms with Crippen molar-refractivity contribution in [2.24, 2.45) is 0 Å². The van der Waals surface area contributed by atoms with E-state index in [9.17, 15) is 4.79 Å². The average Bonchev–Trinajstić information content (AvgIpc) is 2.52. The molecule has 0 saturated carbocycles. The first kappa shape index (κ1) is 14.6. The summed E-state index contributed by atoms with van der Waals surface area (Å²) in [5, 5.41) is 11.6. The third-order valence-electron chi connectivity index (χ3n) is 3.46. The number of rotatable bonds is 5. The molecule has 0 bridgehead atoms. The van der Waals surface area contributed by atoms with Crippen LogP contribution in [0.15, 0.2) is 24.5 Å². The largest absolute Gasteiger partial charge is 0.396 e. The molecule has 2 amide bonds. The summed E-state index contributed by atoms with van der Waals surface area (Å²) in [5.41, 5.74) is 1.16. The van der Waals surface area contributed by atoms with Crippen LogP contribution in [0.2, 0.25) is 0 Å². The van der Waals surface area contributed by atoms with Gasteiger partial charge in [-0.25, -0.2) is 4.79 Å². The number of nitrogens with zero attached hydrogens (tertiary/aromatic N) is 3. The van der Waals surface area contributed by atoms with Gasteiger partial charge >= 0.3 is 6.03 Å². The second kappa shape index (κ2) is 7.69. The Morgan fingerprint density at radius 3 is 2.55 bits per heavy atom. The maximum Gasteiger partial charge on any atom is 0.317 e. The molecule has 0 aliphatic carbocycles. The van der Waals surface area contributed by atoms with Crippen LogP contribution in [0, 0.1) is 0 Å². The van der Waals surface area contributed by atoms with E-state index in [-0.39, 0.29) is 12.6 Å². The SMILES string of the molecule is O=C(NCCCCO)N1CCN(c2ccncc2)CC1. The van der Waals surface area contributed by atoms with Gasteiger partial charge in [0.15, 0.2) is 0 Å². The zero-order valence-electron chi connectivity index (χ0n) is 11.7. The van der Waals surface area contributed by atoms with Crippen molar-refractivity contribution >= 4 is 11.7 Å². The Labute approximate surface area is 119 Å². The van der Waals surface area contributed by atoms with E-state index in [1.807, 2.05) is 17.0 Å². The molecule has 0 aromatic carbocycles. The normalized spacial score (nSPS) is 15.2. The molecule has 0 spiro atoms. The van der Waals surface area contributed by atoms with Crippen LogP contribution in [0.1, 0.15) is 12.8 Å². The highest BCUT2D eigenvalue weighted by Gasteiger charge is 2.20. The van der Waals surface area contributed by atoms with Crippen molar-refractivity contribution in [3.63, 3.8) is 0 Å². The van der Waals surface area contributed by atoms with Crippen molar-refractivity contribution in [3.05, 3.63) is 24.5 Å². The van der Waals surface area contributed by atoms with Gasteiger partial charge in [0.2, 0.25) is 0 Å². The highest BCUT2D eigenvalue weighted by Crippen LogP contribution is 2.14. The number of carbonyl (C=O) groups is 1. The van der Waals surface area contributed by atoms with E-state index in [1.54, 1.807) is 12.4 Å². The average molecular weight is 278 g/mol. The predicted octanol–water partition coefficient (Wildman–Crippen LogP) is 0.686. The second-order valence-corrected chi connectivity index (χ2v) is 4.84. The molecule has 1 aromatic rings. The smallest absolute Gasteiger partial charge is 0.317 e. The van der Waals surface area contributed by atoms with Gasteiger partial charge in [-0.1, -0.05) is 0 Å². The predicted molar refractivity (Wildman–Crippen MR) is 77.7 cm³/mol. The molecule has 1 aliphatic heterocycles. The number of amides is 2. The lowest BCUT2D eigenvalue weighted by molar-refractivity contribution is 0.193. The van der Waals surface area contributed by atoms with Crippen LogP contribution in [-0.4, -0.2) is 60.4 Å². The van der Waals surface area contributed by atoms with E-state index in [4.69, 9.17) is 5.11 Å². The van der Waals surface area contributed by atoms with Gasteiger partial charge < -0.3 is 20.2 Å². The Morgan fingerprint density at radius 1 is 1.20 bits per heavy atom. The number of hydrogen-bond donors (Lipinski definition) is 2. The molecular weight excluding hydrogens is 256 g/mol. The maximum absolute atomic E-state index is 11.9. The Morgan fingerprint density at radius 2 is 1.90 bits per heavy atom. The first-order valence-electron chi connectivity index (χ1n) is 7.10. The van der Waals surface area contributed by atoms with Crippen LogP contribution >= 0.6 is 0 Å². The van der Waals surface area contributed by atoms with E-state index in [2.05, 4.69) is 15.2 Å². The molecule has 6 nitrogen and oxygen atoms in total. The first-order valence-corrected chi connectivity index (χ1v) is 7.10. The summed E-state index contributed by atoms with van der Waals surface area (Å²) in [5.74, 6) is 0. The van der Waals surface area contributed by atoms with Crippen molar-refractivity contribution in [2.75, 3.05) is 44.2 Å². The number of urea groups is 1. The molecule has 1 aromatic heterocycles. The van der Waals surface area contributed by atoms with Crippen molar-refractivity contribution in [3.8, 4) is 0 Å². The van der Waals surface area contributed by atoms with Crippen LogP contribution < -0.4 is 10.2 Å². The number of nitrogens with one attached hydrogen (secondary N) is 1. The van der Waals surface area contributed by atoms with E-state index in [1.165, 1.54) is 0 Å². The third-order valence-corrected chi connectivity index (χ3v) is 3.46. The van der Waals surface area contributed by atoms with Crippen molar-refractivity contribution in [1.29, 1.82) is 0 Å². The van der Waals surface area contributed by atoms with E-state index < -0.39 is 0 Å². The Kier molecular flexibility index (Phi) is 5.61. The molecule has 2 rings (SSSR count). The number of anilines is 1. The Hall–Kier alpha value is -1.82. The fraction of sp³-hybridized carbons (Fsp3) is 0.571. The highest BCUT2D eigenvalue weighted by atomic mass is 16.3. The first-order chi connectivity index (χ1) is 9.81. The van der Waals surface area contributed by atoms with Crippen LogP contribution in [0.4, 0.5) is 10.5 Å². The number of carbonyl (C=O) groups excluding carboxylic acids is 1. The molecule has 110 valence electrons. The second-order valence-electron chi connectivity index (χ2n) is 4.84. The van der Waals surface area contributed by atoms with Gasteiger partial charge in [-0.2, -0.15) is 0 Å². The molecular formula is C14H22N4O2. The summed E-state index contributed by atoms with van der Waals surface area (Å²) < 4.78 is 0. The summed E-state index contributed by atoms with van der Waals surface area (Å²) in [4.78, 5) is 20.0. The standard InChI is InChI=1S/C14H22N4O2/c19-12-2-1-5-16-14(20)18-10-8-17(9-11-18)13-3-6-15-7-4-13/h3-4,6-7,19H,1-2,5,8-12H2,(H,16,20). The Balaban J connectivity index is 1.72. The zero-order chi connectivity index (χ0) is 14.2. The molecule has 2 N–H and O–H groups in total. The fourth-order valence-corrected chi connectivity index (χ4v) is 2.27. The maximum atomic E-state index is 11.9. The summed E-state index contributed by atoms with van der Waals surface area (Å²) >= 11 is 0. The van der Waals surface area contributed by atoms with E-state index in [0.29, 0.717) is 6.54 Å². The molecule has 2 heterocycles. The Bertz CT molecular complexity index is 405. The highest BCUT2D eigenvalue weighted by molar-refractivity contribution is 5.74. The third kappa shape index (κ3) is 4.09. The van der Waals surface area contributed by atoms with Crippen molar-refractivity contribution in [1.82, 2.24) is 15.2 Å². The molecule has 0 atom stereocenters. The zero-order valence-corrected chi connectivity index (χ0v) is 11.7. The van der Waals surface area contributed by atoms with Gasteiger partial charge in [0.1, 0.15) is 0 Å². The molecule has 1 fully saturated rings. The quantitative estimate of drug-likeness (QED) is 0.777. The van der Waals surface area contributed by atoms with Crippen molar-refractivity contribution < 1.29 is 9.90 Å². The molecule has 1 saturated heterocycles. The number of aliphatic hydroxyl groups excluding tert-OH is 1. The lowest BCUT2D eigenvalue weighted by Crippen LogP contribution is -2.52. The molecule has 20 heavy (non-hydrogen) atoms. The summed E-state index contributed by atoms with van der Waals surface area (Å²) in [7, 11) is 0. The molecule has 1 aliphatic rings. The number of hydrogen-bond acceptors (Lipinski definition) is 4. The minimum absolute atomic E-state index is 0.00248. The van der Waals surface area contributed by atoms with Gasteiger partial charge in [-0.3, -0.25) is 4.98 Å². The van der Waals surface area contributed by atoms with Crippen LogP contribution in [0.5, 0.6) is 0 Å². The molecule has 0 unspecified atom stereocenters. The summed E-state index contributed by atoms with van der Waals surface area (Å²) in [6.07, 6.45) is 5.13. The fourth-order valence-electron chi connectivity index (χ4n) is 2.27. The minimum atomic E-state index is -0.00248. The lowest BCUT2D eigenvalue weighted by Gasteiger charge is -2.36. The van der Waals surface area contributed by atoms with Crippen molar-refractivity contribution in [2.45, 2.75) is 12.8 Å². The minimum Gasteiger partial charge on any atom is -0.396 e. The van der Waals surface area contributed by atoms with Gasteiger partial charge in [0, 0.05) is 57.4 Å². The number of aliphatic hydroxyl groups is 1. The summed E-state index contributed by atoms with van der Waals surface area (Å²) in [6, 6.07) is 3.98.